The highest BCUT2D eigenvalue weighted by molar-refractivity contribution is 7.85. The van der Waals surface area contributed by atoms with Gasteiger partial charge in [-0.3, -0.25) is 0 Å². The molecule has 0 aromatic heterocycles. The molecule has 4 aromatic carbocycles. The first kappa shape index (κ1) is 32.8. The fourth-order valence-corrected chi connectivity index (χ4v) is 6.32. The van der Waals surface area contributed by atoms with Crippen LogP contribution in [0, 0.1) is 13.1 Å². The number of benzene rings is 4. The van der Waals surface area contributed by atoms with Gasteiger partial charge in [-0.2, -0.15) is 4.58 Å². The van der Waals surface area contributed by atoms with Crippen molar-refractivity contribution < 1.29 is 17.5 Å². The molecule has 5 rings (SSSR count). The molecular weight excluding hydrogens is 605 g/mol. The molecule has 0 radical (unpaired) electrons. The molecule has 1 aliphatic rings. The summed E-state index contributed by atoms with van der Waals surface area (Å²) in [4.78, 5) is 8.90. The SMILES string of the molecule is [C-]#[N+]CCCN(c1ccccc1)c1ccc(C(=C2C=CC(=[N+](CCC[N+]#[C-])c3ccccc3)C=C2)c2ccccc2S(=O)(=O)[O-])cc1. The van der Waals surface area contributed by atoms with Gasteiger partial charge in [-0.15, -0.1) is 0 Å². The molecule has 0 spiro atoms. The van der Waals surface area contributed by atoms with E-state index in [1.165, 1.54) is 6.07 Å². The van der Waals surface area contributed by atoms with Crippen LogP contribution in [-0.2, 0) is 10.1 Å². The number of rotatable bonds is 12. The normalized spacial score (nSPS) is 12.3. The Morgan fingerprint density at radius 3 is 1.91 bits per heavy atom. The van der Waals surface area contributed by atoms with Gasteiger partial charge in [0.2, 0.25) is 24.5 Å². The summed E-state index contributed by atoms with van der Waals surface area (Å²) < 4.78 is 39.5. The Morgan fingerprint density at radius 1 is 0.702 bits per heavy atom. The van der Waals surface area contributed by atoms with Crippen molar-refractivity contribution in [2.75, 3.05) is 31.1 Å². The average Bonchev–Trinajstić information content (AvgIpc) is 3.10. The van der Waals surface area contributed by atoms with E-state index in [-0.39, 0.29) is 4.90 Å². The third-order valence-electron chi connectivity index (χ3n) is 7.80. The van der Waals surface area contributed by atoms with Crippen molar-refractivity contribution >= 4 is 38.5 Å². The minimum atomic E-state index is -4.77. The Bertz CT molecular complexity index is 2000. The van der Waals surface area contributed by atoms with Crippen LogP contribution in [0.15, 0.2) is 144 Å². The second kappa shape index (κ2) is 15.6. The van der Waals surface area contributed by atoms with Gasteiger partial charge in [0, 0.05) is 54.2 Å². The minimum Gasteiger partial charge on any atom is -0.744 e. The fraction of sp³-hybridized carbons (Fsp3) is 0.154. The number of anilines is 2. The van der Waals surface area contributed by atoms with Crippen molar-refractivity contribution in [1.82, 2.24) is 0 Å². The summed E-state index contributed by atoms with van der Waals surface area (Å²) in [7, 11) is -4.77. The molecule has 1 aliphatic carbocycles. The van der Waals surface area contributed by atoms with E-state index in [4.69, 9.17) is 13.1 Å². The Kier molecular flexibility index (Phi) is 10.9. The maximum atomic E-state index is 12.4. The van der Waals surface area contributed by atoms with Crippen LogP contribution in [0.3, 0.4) is 0 Å². The summed E-state index contributed by atoms with van der Waals surface area (Å²) >= 11 is 0. The number of para-hydroxylation sites is 2. The molecular formula is C39H34N4O3S. The molecule has 8 heteroatoms. The molecule has 0 N–H and O–H groups in total. The van der Waals surface area contributed by atoms with Crippen LogP contribution in [-0.4, -0.2) is 49.4 Å². The number of hydrogen-bond donors (Lipinski definition) is 0. The zero-order chi connectivity index (χ0) is 33.1. The van der Waals surface area contributed by atoms with E-state index in [0.29, 0.717) is 50.2 Å². The van der Waals surface area contributed by atoms with Crippen LogP contribution < -0.4 is 4.90 Å². The van der Waals surface area contributed by atoms with Crippen molar-refractivity contribution in [3.63, 3.8) is 0 Å². The van der Waals surface area contributed by atoms with Gasteiger partial charge in [-0.25, -0.2) is 21.6 Å². The highest BCUT2D eigenvalue weighted by Gasteiger charge is 2.21. The Balaban J connectivity index is 1.62. The fourth-order valence-electron chi connectivity index (χ4n) is 5.63. The van der Waals surface area contributed by atoms with E-state index in [1.807, 2.05) is 109 Å². The zero-order valence-electron chi connectivity index (χ0n) is 25.9. The molecule has 0 atom stereocenters. The van der Waals surface area contributed by atoms with Crippen molar-refractivity contribution in [3.05, 3.63) is 173 Å². The maximum absolute atomic E-state index is 12.4. The molecule has 0 bridgehead atoms. The predicted octanol–water partition coefficient (Wildman–Crippen LogP) is 8.06. The Hall–Kier alpha value is -5.54. The van der Waals surface area contributed by atoms with Crippen molar-refractivity contribution in [2.45, 2.75) is 17.7 Å². The summed E-state index contributed by atoms with van der Waals surface area (Å²) in [5, 5.41) is 0. The van der Waals surface area contributed by atoms with Crippen molar-refractivity contribution in [1.29, 1.82) is 0 Å². The summed E-state index contributed by atoms with van der Waals surface area (Å²) in [5.74, 6) is 0. The van der Waals surface area contributed by atoms with Crippen LogP contribution in [0.1, 0.15) is 24.0 Å². The quantitative estimate of drug-likeness (QED) is 0.0681. The van der Waals surface area contributed by atoms with E-state index in [2.05, 4.69) is 19.2 Å². The lowest BCUT2D eigenvalue weighted by molar-refractivity contribution is -0.439. The van der Waals surface area contributed by atoms with Crippen molar-refractivity contribution in [2.24, 2.45) is 0 Å². The molecule has 0 aliphatic heterocycles. The van der Waals surface area contributed by atoms with Gasteiger partial charge in [0.25, 0.3) is 0 Å². The lowest BCUT2D eigenvalue weighted by Gasteiger charge is -2.25. The van der Waals surface area contributed by atoms with Gasteiger partial charge in [-0.05, 0) is 59.2 Å². The third kappa shape index (κ3) is 8.19. The minimum absolute atomic E-state index is 0.279. The Morgan fingerprint density at radius 2 is 1.28 bits per heavy atom. The van der Waals surface area contributed by atoms with E-state index >= 15 is 0 Å². The molecule has 4 aromatic rings. The van der Waals surface area contributed by atoms with Gasteiger partial charge in [0.1, 0.15) is 10.1 Å². The predicted molar refractivity (Wildman–Crippen MR) is 187 cm³/mol. The zero-order valence-corrected chi connectivity index (χ0v) is 26.7. The molecule has 0 heterocycles. The second-order valence-electron chi connectivity index (χ2n) is 10.9. The van der Waals surface area contributed by atoms with Gasteiger partial charge in [-0.1, -0.05) is 66.7 Å². The second-order valence-corrected chi connectivity index (χ2v) is 12.2. The third-order valence-corrected chi connectivity index (χ3v) is 8.69. The smallest absolute Gasteiger partial charge is 0.220 e. The first-order valence-electron chi connectivity index (χ1n) is 15.4. The van der Waals surface area contributed by atoms with E-state index in [1.54, 1.807) is 18.2 Å². The average molecular weight is 639 g/mol. The van der Waals surface area contributed by atoms with E-state index < -0.39 is 10.1 Å². The Labute approximate surface area is 277 Å². The van der Waals surface area contributed by atoms with Gasteiger partial charge < -0.3 is 19.1 Å². The topological polar surface area (TPSA) is 72.2 Å². The molecule has 0 fully saturated rings. The number of hydrogen-bond acceptors (Lipinski definition) is 4. The molecule has 234 valence electrons. The van der Waals surface area contributed by atoms with Gasteiger partial charge >= 0.3 is 0 Å². The van der Waals surface area contributed by atoms with E-state index in [0.717, 1.165) is 33.9 Å². The number of nitrogens with zero attached hydrogens (tertiary/aromatic N) is 4. The van der Waals surface area contributed by atoms with Crippen molar-refractivity contribution in [3.8, 4) is 0 Å². The molecule has 0 amide bonds. The lowest BCUT2D eigenvalue weighted by Crippen LogP contribution is -2.19. The first-order valence-corrected chi connectivity index (χ1v) is 16.8. The van der Waals surface area contributed by atoms with E-state index in [9.17, 15) is 13.0 Å². The summed E-state index contributed by atoms with van der Waals surface area (Å²) in [6, 6.07) is 34.1. The van der Waals surface area contributed by atoms with Gasteiger partial charge in [0.15, 0.2) is 6.54 Å². The van der Waals surface area contributed by atoms with Crippen LogP contribution >= 0.6 is 0 Å². The molecule has 7 nitrogen and oxygen atoms in total. The summed E-state index contributed by atoms with van der Waals surface area (Å²) in [6.45, 7) is 16.6. The summed E-state index contributed by atoms with van der Waals surface area (Å²) in [5.41, 5.74) is 6.34. The van der Waals surface area contributed by atoms with Gasteiger partial charge in [0.05, 0.1) is 11.3 Å². The molecule has 0 saturated heterocycles. The molecule has 0 saturated carbocycles. The first-order chi connectivity index (χ1) is 22.9. The van der Waals surface area contributed by atoms with Crippen LogP contribution in [0.4, 0.5) is 17.1 Å². The summed E-state index contributed by atoms with van der Waals surface area (Å²) in [6.07, 6.45) is 9.26. The molecule has 47 heavy (non-hydrogen) atoms. The molecule has 0 unspecified atom stereocenters. The monoisotopic (exact) mass is 638 g/mol. The maximum Gasteiger partial charge on any atom is 0.220 e. The largest absolute Gasteiger partial charge is 0.744 e. The number of allylic oxidation sites excluding steroid dienone is 5. The van der Waals surface area contributed by atoms with Crippen LogP contribution in [0.2, 0.25) is 0 Å². The van der Waals surface area contributed by atoms with Crippen LogP contribution in [0.25, 0.3) is 15.3 Å². The highest BCUT2D eigenvalue weighted by Crippen LogP contribution is 2.35. The van der Waals surface area contributed by atoms with Crippen LogP contribution in [0.5, 0.6) is 0 Å². The standard InChI is InChI=1S/C39H34N4O3S/c1-40-27-11-29-42(33-13-5-3-6-14-33)35-23-19-31(20-24-35)39(37-17-9-10-18-38(37)47(44,45)46)32-21-25-36(26-22-32)43(30-12-28-41-2)34-15-7-4-8-16-34/h3-10,13-26H,11-12,27-30H2. The lowest BCUT2D eigenvalue weighted by atomic mass is 9.90. The highest BCUT2D eigenvalue weighted by atomic mass is 32.2.